The Morgan fingerprint density at radius 1 is 1.10 bits per heavy atom. The Hall–Kier alpha value is -3.75. The molecule has 0 aliphatic carbocycles. The summed E-state index contributed by atoms with van der Waals surface area (Å²) in [6, 6.07) is 9.82. The van der Waals surface area contributed by atoms with Crippen LogP contribution in [0, 0.1) is 10.1 Å². The number of esters is 1. The van der Waals surface area contributed by atoms with Crippen molar-refractivity contribution in [3.8, 4) is 0 Å². The minimum absolute atomic E-state index is 0.0215. The molecule has 2 rings (SSSR count). The Kier molecular flexibility index (Phi) is 7.02. The first-order valence-corrected chi connectivity index (χ1v) is 8.81. The molecule has 0 radical (unpaired) electrons. The monoisotopic (exact) mass is 399 g/mol. The molecule has 0 aliphatic heterocycles. The fourth-order valence-electron chi connectivity index (χ4n) is 2.62. The molecule has 1 amide bonds. The summed E-state index contributed by atoms with van der Waals surface area (Å²) < 4.78 is 4.99. The maximum Gasteiger partial charge on any atom is 0.339 e. The SMILES string of the molecule is CNc1ccc(C(=O)c2ccccc2C(=O)OCC(=O)NC(C)C)cc1[N+](=O)[O-]. The van der Waals surface area contributed by atoms with Crippen molar-refractivity contribution in [3.63, 3.8) is 0 Å². The summed E-state index contributed by atoms with van der Waals surface area (Å²) in [4.78, 5) is 47.6. The highest BCUT2D eigenvalue weighted by atomic mass is 16.6. The molecule has 9 nitrogen and oxygen atoms in total. The molecule has 2 aromatic carbocycles. The van der Waals surface area contributed by atoms with E-state index in [0.29, 0.717) is 0 Å². The molecular weight excluding hydrogens is 378 g/mol. The first-order chi connectivity index (χ1) is 13.7. The molecule has 0 unspecified atom stereocenters. The van der Waals surface area contributed by atoms with Gasteiger partial charge >= 0.3 is 5.97 Å². The van der Waals surface area contributed by atoms with E-state index in [2.05, 4.69) is 10.6 Å². The van der Waals surface area contributed by atoms with Crippen LogP contribution in [0.2, 0.25) is 0 Å². The van der Waals surface area contributed by atoms with E-state index in [9.17, 15) is 24.5 Å². The highest BCUT2D eigenvalue weighted by Crippen LogP contribution is 2.27. The highest BCUT2D eigenvalue weighted by Gasteiger charge is 2.22. The van der Waals surface area contributed by atoms with Gasteiger partial charge in [-0.05, 0) is 32.0 Å². The summed E-state index contributed by atoms with van der Waals surface area (Å²) in [5, 5.41) is 16.5. The normalized spacial score (nSPS) is 10.3. The van der Waals surface area contributed by atoms with Gasteiger partial charge < -0.3 is 15.4 Å². The number of hydrogen-bond acceptors (Lipinski definition) is 7. The van der Waals surface area contributed by atoms with Crippen LogP contribution in [0.1, 0.15) is 40.1 Å². The maximum absolute atomic E-state index is 12.9. The quantitative estimate of drug-likeness (QED) is 0.302. The molecule has 0 heterocycles. The number of ether oxygens (including phenoxy) is 1. The number of rotatable bonds is 8. The number of carbonyl (C=O) groups excluding carboxylic acids is 3. The zero-order valence-electron chi connectivity index (χ0n) is 16.2. The van der Waals surface area contributed by atoms with E-state index in [1.54, 1.807) is 26.0 Å². The molecule has 0 atom stereocenters. The summed E-state index contributed by atoms with van der Waals surface area (Å²) in [6.45, 7) is 3.06. The van der Waals surface area contributed by atoms with Gasteiger partial charge in [0.1, 0.15) is 5.69 Å². The zero-order chi connectivity index (χ0) is 21.6. The second-order valence-electron chi connectivity index (χ2n) is 6.41. The van der Waals surface area contributed by atoms with Crippen LogP contribution in [0.5, 0.6) is 0 Å². The number of anilines is 1. The van der Waals surface area contributed by atoms with E-state index in [-0.39, 0.29) is 34.1 Å². The number of nitrogens with one attached hydrogen (secondary N) is 2. The third-order valence-corrected chi connectivity index (χ3v) is 3.90. The predicted octanol–water partition coefficient (Wildman–Crippen LogP) is 2.55. The van der Waals surface area contributed by atoms with Gasteiger partial charge in [-0.1, -0.05) is 18.2 Å². The van der Waals surface area contributed by atoms with Gasteiger partial charge in [0.15, 0.2) is 12.4 Å². The van der Waals surface area contributed by atoms with Crippen LogP contribution in [0.25, 0.3) is 0 Å². The molecule has 0 saturated heterocycles. The van der Waals surface area contributed by atoms with Crippen molar-refractivity contribution < 1.29 is 24.0 Å². The number of carbonyl (C=O) groups is 3. The lowest BCUT2D eigenvalue weighted by Gasteiger charge is -2.11. The summed E-state index contributed by atoms with van der Waals surface area (Å²) in [7, 11) is 1.53. The molecule has 29 heavy (non-hydrogen) atoms. The second-order valence-corrected chi connectivity index (χ2v) is 6.41. The summed E-state index contributed by atoms with van der Waals surface area (Å²) in [5.41, 5.74) is 0.0381. The van der Waals surface area contributed by atoms with E-state index < -0.39 is 29.2 Å². The van der Waals surface area contributed by atoms with E-state index >= 15 is 0 Å². The molecule has 0 aromatic heterocycles. The third kappa shape index (κ3) is 5.38. The molecule has 0 spiro atoms. The number of nitro groups is 1. The van der Waals surface area contributed by atoms with E-state index in [0.717, 1.165) is 6.07 Å². The van der Waals surface area contributed by atoms with Crippen molar-refractivity contribution in [3.05, 3.63) is 69.3 Å². The lowest BCUT2D eigenvalue weighted by atomic mass is 9.97. The van der Waals surface area contributed by atoms with E-state index in [1.165, 1.54) is 31.3 Å². The summed E-state index contributed by atoms with van der Waals surface area (Å²) >= 11 is 0. The number of ketones is 1. The van der Waals surface area contributed by atoms with E-state index in [4.69, 9.17) is 4.74 Å². The first-order valence-electron chi connectivity index (χ1n) is 8.81. The van der Waals surface area contributed by atoms with Crippen LogP contribution in [-0.4, -0.2) is 42.3 Å². The Morgan fingerprint density at radius 3 is 2.34 bits per heavy atom. The lowest BCUT2D eigenvalue weighted by Crippen LogP contribution is -2.34. The van der Waals surface area contributed by atoms with Gasteiger partial charge in [-0.2, -0.15) is 0 Å². The molecule has 9 heteroatoms. The first kappa shape index (κ1) is 21.5. The minimum Gasteiger partial charge on any atom is -0.452 e. The Labute approximate surface area is 167 Å². The molecule has 0 saturated carbocycles. The van der Waals surface area contributed by atoms with Crippen LogP contribution >= 0.6 is 0 Å². The van der Waals surface area contributed by atoms with Crippen molar-refractivity contribution in [2.24, 2.45) is 0 Å². The predicted molar refractivity (Wildman–Crippen MR) is 106 cm³/mol. The van der Waals surface area contributed by atoms with Gasteiger partial charge in [-0.25, -0.2) is 4.79 Å². The summed E-state index contributed by atoms with van der Waals surface area (Å²) in [5.74, 6) is -1.88. The van der Waals surface area contributed by atoms with Crippen molar-refractivity contribution in [1.29, 1.82) is 0 Å². The molecule has 152 valence electrons. The molecule has 2 aromatic rings. The average Bonchev–Trinajstić information content (AvgIpc) is 2.70. The van der Waals surface area contributed by atoms with Crippen molar-refractivity contribution >= 4 is 29.0 Å². The lowest BCUT2D eigenvalue weighted by molar-refractivity contribution is -0.384. The molecule has 0 aliphatic rings. The van der Waals surface area contributed by atoms with Gasteiger partial charge in [0, 0.05) is 30.3 Å². The maximum atomic E-state index is 12.9. The van der Waals surface area contributed by atoms with Gasteiger partial charge in [-0.15, -0.1) is 0 Å². The average molecular weight is 399 g/mol. The van der Waals surface area contributed by atoms with Crippen LogP contribution in [0.3, 0.4) is 0 Å². The van der Waals surface area contributed by atoms with Gasteiger partial charge in [0.05, 0.1) is 10.5 Å². The highest BCUT2D eigenvalue weighted by molar-refractivity contribution is 6.15. The van der Waals surface area contributed by atoms with Crippen molar-refractivity contribution in [2.75, 3.05) is 19.0 Å². The Morgan fingerprint density at radius 2 is 1.76 bits per heavy atom. The number of amides is 1. The largest absolute Gasteiger partial charge is 0.452 e. The van der Waals surface area contributed by atoms with Crippen molar-refractivity contribution in [2.45, 2.75) is 19.9 Å². The van der Waals surface area contributed by atoms with Crippen LogP contribution in [0.4, 0.5) is 11.4 Å². The molecule has 0 bridgehead atoms. The Bertz CT molecular complexity index is 955. The number of nitro benzene ring substituents is 1. The fourth-order valence-corrected chi connectivity index (χ4v) is 2.62. The van der Waals surface area contributed by atoms with Crippen molar-refractivity contribution in [1.82, 2.24) is 5.32 Å². The third-order valence-electron chi connectivity index (χ3n) is 3.90. The standard InChI is InChI=1S/C20H21N3O6/c1-12(2)22-18(24)11-29-20(26)15-7-5-4-6-14(15)19(25)13-8-9-16(21-3)17(10-13)23(27)28/h4-10,12,21H,11H2,1-3H3,(H,22,24). The van der Waals surface area contributed by atoms with Gasteiger partial charge in [0.25, 0.3) is 11.6 Å². The number of nitrogens with zero attached hydrogens (tertiary/aromatic N) is 1. The second kappa shape index (κ2) is 9.45. The smallest absolute Gasteiger partial charge is 0.339 e. The van der Waals surface area contributed by atoms with Crippen LogP contribution < -0.4 is 10.6 Å². The minimum atomic E-state index is -0.839. The molecular formula is C20H21N3O6. The number of benzene rings is 2. The van der Waals surface area contributed by atoms with E-state index in [1.807, 2.05) is 0 Å². The van der Waals surface area contributed by atoms with Crippen LogP contribution in [-0.2, 0) is 9.53 Å². The van der Waals surface area contributed by atoms with Gasteiger partial charge in [0.2, 0.25) is 0 Å². The zero-order valence-corrected chi connectivity index (χ0v) is 16.2. The Balaban J connectivity index is 2.29. The number of hydrogen-bond donors (Lipinski definition) is 2. The summed E-state index contributed by atoms with van der Waals surface area (Å²) in [6.07, 6.45) is 0. The fraction of sp³-hybridized carbons (Fsp3) is 0.250. The van der Waals surface area contributed by atoms with Crippen LogP contribution in [0.15, 0.2) is 42.5 Å². The molecule has 0 fully saturated rings. The van der Waals surface area contributed by atoms with Gasteiger partial charge in [-0.3, -0.25) is 19.7 Å². The molecule has 2 N–H and O–H groups in total. The topological polar surface area (TPSA) is 128 Å².